The van der Waals surface area contributed by atoms with E-state index in [9.17, 15) is 8.42 Å². The van der Waals surface area contributed by atoms with Crippen molar-refractivity contribution >= 4 is 21.4 Å². The SMILES string of the molecule is Cc1ncc(C#N)c(S(=O)(=O)CCCl)n1. The van der Waals surface area contributed by atoms with Crippen molar-refractivity contribution in [3.8, 4) is 6.07 Å². The van der Waals surface area contributed by atoms with Crippen LogP contribution < -0.4 is 0 Å². The molecule has 0 saturated heterocycles. The summed E-state index contributed by atoms with van der Waals surface area (Å²) in [4.78, 5) is 7.51. The monoisotopic (exact) mass is 245 g/mol. The molecule has 0 fully saturated rings. The van der Waals surface area contributed by atoms with Crippen LogP contribution in [0, 0.1) is 18.3 Å². The normalized spacial score (nSPS) is 11.0. The Morgan fingerprint density at radius 3 is 2.80 bits per heavy atom. The Labute approximate surface area is 92.7 Å². The van der Waals surface area contributed by atoms with Crippen molar-refractivity contribution in [2.75, 3.05) is 11.6 Å². The fourth-order valence-corrected chi connectivity index (χ4v) is 2.67. The Morgan fingerprint density at radius 1 is 1.60 bits per heavy atom. The predicted molar refractivity (Wildman–Crippen MR) is 54.3 cm³/mol. The van der Waals surface area contributed by atoms with Crippen molar-refractivity contribution in [3.05, 3.63) is 17.6 Å². The van der Waals surface area contributed by atoms with Crippen LogP contribution in [0.15, 0.2) is 11.2 Å². The lowest BCUT2D eigenvalue weighted by Crippen LogP contribution is -2.13. The molecular weight excluding hydrogens is 238 g/mol. The zero-order chi connectivity index (χ0) is 11.5. The third-order valence-electron chi connectivity index (χ3n) is 1.64. The van der Waals surface area contributed by atoms with Gasteiger partial charge in [0.2, 0.25) is 0 Å². The molecule has 15 heavy (non-hydrogen) atoms. The summed E-state index contributed by atoms with van der Waals surface area (Å²) in [6.07, 6.45) is 1.20. The minimum atomic E-state index is -3.58. The maximum absolute atomic E-state index is 11.6. The van der Waals surface area contributed by atoms with E-state index < -0.39 is 9.84 Å². The summed E-state index contributed by atoms with van der Waals surface area (Å²) in [5.74, 6) is 0.0396. The molecule has 0 spiro atoms. The molecule has 0 aliphatic heterocycles. The predicted octanol–water partition coefficient (Wildman–Crippen LogP) is 0.669. The molecule has 0 radical (unpaired) electrons. The highest BCUT2D eigenvalue weighted by atomic mass is 35.5. The van der Waals surface area contributed by atoms with Crippen molar-refractivity contribution in [3.63, 3.8) is 0 Å². The van der Waals surface area contributed by atoms with Crippen molar-refractivity contribution in [2.24, 2.45) is 0 Å². The number of sulfone groups is 1. The first-order valence-corrected chi connectivity index (χ1v) is 6.22. The quantitative estimate of drug-likeness (QED) is 0.577. The van der Waals surface area contributed by atoms with E-state index in [4.69, 9.17) is 16.9 Å². The van der Waals surface area contributed by atoms with E-state index in [1.165, 1.54) is 6.20 Å². The molecule has 0 aromatic carbocycles. The molecule has 1 aromatic rings. The van der Waals surface area contributed by atoms with E-state index in [2.05, 4.69) is 9.97 Å². The molecule has 1 rings (SSSR count). The summed E-state index contributed by atoms with van der Waals surface area (Å²) in [7, 11) is -3.58. The van der Waals surface area contributed by atoms with Crippen molar-refractivity contribution in [1.82, 2.24) is 9.97 Å². The fraction of sp³-hybridized carbons (Fsp3) is 0.375. The summed E-state index contributed by atoms with van der Waals surface area (Å²) >= 11 is 5.37. The molecule has 0 unspecified atom stereocenters. The summed E-state index contributed by atoms with van der Waals surface area (Å²) in [5, 5.41) is 8.48. The zero-order valence-electron chi connectivity index (χ0n) is 7.94. The molecule has 1 heterocycles. The van der Waals surface area contributed by atoms with E-state index in [0.29, 0.717) is 5.82 Å². The molecule has 0 atom stereocenters. The van der Waals surface area contributed by atoms with Gasteiger partial charge in [0.05, 0.1) is 5.75 Å². The van der Waals surface area contributed by atoms with Crippen LogP contribution in [0.25, 0.3) is 0 Å². The molecule has 0 bridgehead atoms. The second kappa shape index (κ2) is 4.55. The van der Waals surface area contributed by atoms with Crippen LogP contribution in [0.5, 0.6) is 0 Å². The van der Waals surface area contributed by atoms with Gasteiger partial charge < -0.3 is 0 Å². The molecule has 5 nitrogen and oxygen atoms in total. The van der Waals surface area contributed by atoms with Crippen LogP contribution in [-0.4, -0.2) is 30.0 Å². The number of hydrogen-bond acceptors (Lipinski definition) is 5. The highest BCUT2D eigenvalue weighted by Crippen LogP contribution is 2.13. The number of halogens is 1. The van der Waals surface area contributed by atoms with Gasteiger partial charge in [0.25, 0.3) is 0 Å². The first-order chi connectivity index (χ1) is 7.01. The van der Waals surface area contributed by atoms with Crippen molar-refractivity contribution < 1.29 is 8.42 Å². The van der Waals surface area contributed by atoms with Gasteiger partial charge in [-0.15, -0.1) is 11.6 Å². The Hall–Kier alpha value is -1.19. The van der Waals surface area contributed by atoms with E-state index in [1.54, 1.807) is 13.0 Å². The Balaban J connectivity index is 3.37. The Kier molecular flexibility index (Phi) is 3.61. The number of nitrogens with zero attached hydrogens (tertiary/aromatic N) is 3. The van der Waals surface area contributed by atoms with Crippen LogP contribution in [0.1, 0.15) is 11.4 Å². The first-order valence-electron chi connectivity index (χ1n) is 4.03. The topological polar surface area (TPSA) is 83.7 Å². The number of nitriles is 1. The van der Waals surface area contributed by atoms with Gasteiger partial charge >= 0.3 is 0 Å². The Morgan fingerprint density at radius 2 is 2.27 bits per heavy atom. The van der Waals surface area contributed by atoms with Crippen molar-refractivity contribution in [2.45, 2.75) is 11.9 Å². The molecule has 7 heteroatoms. The average Bonchev–Trinajstić information content (AvgIpc) is 2.17. The molecule has 0 aliphatic carbocycles. The first kappa shape index (κ1) is 11.9. The zero-order valence-corrected chi connectivity index (χ0v) is 9.51. The molecule has 1 aromatic heterocycles. The van der Waals surface area contributed by atoms with Gasteiger partial charge in [-0.05, 0) is 6.92 Å². The fourth-order valence-electron chi connectivity index (χ4n) is 0.961. The molecule has 0 amide bonds. The number of aryl methyl sites for hydroxylation is 1. The lowest BCUT2D eigenvalue weighted by molar-refractivity contribution is 0.592. The standard InChI is InChI=1S/C8H8ClN3O2S/c1-6-11-5-7(4-10)8(12-6)15(13,14)3-2-9/h5H,2-3H2,1H3. The minimum Gasteiger partial charge on any atom is -0.240 e. The molecule has 0 aliphatic rings. The average molecular weight is 246 g/mol. The van der Waals surface area contributed by atoms with Crippen LogP contribution in [0.2, 0.25) is 0 Å². The van der Waals surface area contributed by atoms with E-state index in [0.717, 1.165) is 0 Å². The largest absolute Gasteiger partial charge is 0.240 e. The van der Waals surface area contributed by atoms with Crippen LogP contribution in [0.4, 0.5) is 0 Å². The number of rotatable bonds is 3. The van der Waals surface area contributed by atoms with E-state index in [1.807, 2.05) is 0 Å². The minimum absolute atomic E-state index is 0.0315. The molecule has 0 N–H and O–H groups in total. The van der Waals surface area contributed by atoms with Crippen LogP contribution >= 0.6 is 11.6 Å². The van der Waals surface area contributed by atoms with Crippen LogP contribution in [-0.2, 0) is 9.84 Å². The highest BCUT2D eigenvalue weighted by molar-refractivity contribution is 7.91. The third-order valence-corrected chi connectivity index (χ3v) is 3.69. The Bertz CT molecular complexity index is 507. The summed E-state index contributed by atoms with van der Waals surface area (Å²) in [6.45, 7) is 1.56. The van der Waals surface area contributed by atoms with Gasteiger partial charge in [-0.1, -0.05) is 0 Å². The van der Waals surface area contributed by atoms with Gasteiger partial charge in [-0.25, -0.2) is 18.4 Å². The van der Waals surface area contributed by atoms with Gasteiger partial charge in [0.1, 0.15) is 17.5 Å². The highest BCUT2D eigenvalue weighted by Gasteiger charge is 2.20. The summed E-state index contributed by atoms with van der Waals surface area (Å²) in [6, 6.07) is 1.74. The number of alkyl halides is 1. The van der Waals surface area contributed by atoms with Gasteiger partial charge in [-0.2, -0.15) is 5.26 Å². The molecule has 80 valence electrons. The maximum Gasteiger partial charge on any atom is 0.198 e. The lowest BCUT2D eigenvalue weighted by atomic mass is 10.4. The van der Waals surface area contributed by atoms with E-state index >= 15 is 0 Å². The second-order valence-electron chi connectivity index (χ2n) is 2.76. The van der Waals surface area contributed by atoms with Gasteiger partial charge in [0, 0.05) is 12.1 Å². The molecular formula is C8H8ClN3O2S. The van der Waals surface area contributed by atoms with Crippen molar-refractivity contribution in [1.29, 1.82) is 5.26 Å². The number of hydrogen-bond donors (Lipinski definition) is 0. The lowest BCUT2D eigenvalue weighted by Gasteiger charge is -2.03. The number of aromatic nitrogens is 2. The third kappa shape index (κ3) is 2.64. The van der Waals surface area contributed by atoms with Gasteiger partial charge in [0.15, 0.2) is 14.9 Å². The summed E-state index contributed by atoms with van der Waals surface area (Å²) < 4.78 is 23.3. The van der Waals surface area contributed by atoms with E-state index in [-0.39, 0.29) is 22.2 Å². The molecule has 0 saturated carbocycles. The maximum atomic E-state index is 11.6. The smallest absolute Gasteiger partial charge is 0.198 e. The van der Waals surface area contributed by atoms with Gasteiger partial charge in [-0.3, -0.25) is 0 Å². The second-order valence-corrected chi connectivity index (χ2v) is 5.16. The van der Waals surface area contributed by atoms with Crippen LogP contribution in [0.3, 0.4) is 0 Å². The summed E-state index contributed by atoms with van der Waals surface area (Å²) in [5.41, 5.74) is -0.0503.